The Bertz CT molecular complexity index is 2650. The van der Waals surface area contributed by atoms with E-state index >= 15 is 0 Å². The Balaban J connectivity index is 2.41. The number of carbonyl (C=O) groups excluding carboxylic acids is 10. The largest absolute Gasteiger partial charge is 0.480 e. The predicted octanol–water partition coefficient (Wildman–Crippen LogP) is -8.94. The highest BCUT2D eigenvalue weighted by Gasteiger charge is 2.34. The number of aliphatic hydroxyl groups is 1. The third kappa shape index (κ3) is 27.4. The van der Waals surface area contributed by atoms with Crippen LogP contribution in [0.3, 0.4) is 0 Å². The molecule has 1 heterocycles. The van der Waals surface area contributed by atoms with E-state index in [0.717, 1.165) is 0 Å². The second-order valence-electron chi connectivity index (χ2n) is 19.2. The third-order valence-electron chi connectivity index (χ3n) is 12.4. The van der Waals surface area contributed by atoms with Gasteiger partial charge in [0, 0.05) is 49.6 Å². The molecule has 8 atom stereocenters. The van der Waals surface area contributed by atoms with E-state index in [1.54, 1.807) is 30.5 Å². The Morgan fingerprint density at radius 1 is 0.512 bits per heavy atom. The van der Waals surface area contributed by atoms with Gasteiger partial charge in [0.2, 0.25) is 59.1 Å². The lowest BCUT2D eigenvalue weighted by molar-refractivity contribution is -0.142. The van der Waals surface area contributed by atoms with Crippen LogP contribution >= 0.6 is 0 Å². The van der Waals surface area contributed by atoms with Gasteiger partial charge in [-0.2, -0.15) is 0 Å². The first-order chi connectivity index (χ1) is 39.8. The van der Waals surface area contributed by atoms with Crippen molar-refractivity contribution in [2.75, 3.05) is 39.3 Å². The summed E-state index contributed by atoms with van der Waals surface area (Å²) in [6.07, 6.45) is 0.559. The molecule has 2 rings (SSSR count). The van der Waals surface area contributed by atoms with Gasteiger partial charge in [0.1, 0.15) is 42.3 Å². The SMILES string of the molecule is NCCCC[C@H](NC(=O)[C@H](CCC(N)=O)NC(=O)[C@@H](N)CC(N)=O)C(=O)N[C@@H](Cc1c[nH]c2ccccc12)C(=O)N[C@@H](CO)C(=O)NCC(=O)N[C@@H](CCCN=C(N)N)C(=O)N[C@@H](CCCN=C(N)N)C(=O)N[C@@H](CCCN=C(N)N)C(=O)O. The number of benzene rings is 1. The van der Waals surface area contributed by atoms with Gasteiger partial charge >= 0.3 is 5.97 Å². The lowest BCUT2D eigenvalue weighted by Gasteiger charge is -2.27. The number of hydrogen-bond acceptors (Lipinski definition) is 17. The normalized spacial score (nSPS) is 13.7. The van der Waals surface area contributed by atoms with Crippen LogP contribution < -0.4 is 99.9 Å². The van der Waals surface area contributed by atoms with Crippen LogP contribution in [0.1, 0.15) is 82.6 Å². The topological polar surface area (TPSA) is 638 Å². The fourth-order valence-electron chi connectivity index (χ4n) is 8.03. The van der Waals surface area contributed by atoms with E-state index in [0.29, 0.717) is 22.9 Å². The number of aromatic nitrogens is 1. The number of primary amides is 2. The second-order valence-corrected chi connectivity index (χ2v) is 19.2. The number of fused-ring (bicyclic) bond motifs is 1. The highest BCUT2D eigenvalue weighted by atomic mass is 16.4. The average molecular weight is 1190 g/mol. The van der Waals surface area contributed by atoms with Crippen molar-refractivity contribution < 1.29 is 63.0 Å². The number of nitrogens with two attached hydrogens (primary N) is 10. The zero-order chi connectivity index (χ0) is 62.9. The molecule has 466 valence electrons. The lowest BCUT2D eigenvalue weighted by Crippen LogP contribution is -2.60. The number of para-hydroxylation sites is 1. The minimum absolute atomic E-state index is 0.0107. The van der Waals surface area contributed by atoms with Gasteiger partial charge in [0.25, 0.3) is 0 Å². The number of rotatable bonds is 41. The summed E-state index contributed by atoms with van der Waals surface area (Å²) >= 11 is 0. The van der Waals surface area contributed by atoms with Crippen molar-refractivity contribution >= 4 is 93.8 Å². The van der Waals surface area contributed by atoms with E-state index in [1.807, 2.05) is 0 Å². The van der Waals surface area contributed by atoms with Gasteiger partial charge in [-0.05, 0) is 82.4 Å². The van der Waals surface area contributed by atoms with Crippen molar-refractivity contribution in [2.45, 2.75) is 132 Å². The molecule has 31 N–H and O–H groups in total. The Labute approximate surface area is 482 Å². The fraction of sp³-hybridized carbons (Fsp3) is 0.551. The van der Waals surface area contributed by atoms with Crippen molar-refractivity contribution in [2.24, 2.45) is 72.3 Å². The molecule has 84 heavy (non-hydrogen) atoms. The van der Waals surface area contributed by atoms with Gasteiger partial charge in [-0.15, -0.1) is 0 Å². The zero-order valence-electron chi connectivity index (χ0n) is 46.4. The van der Waals surface area contributed by atoms with E-state index in [-0.39, 0.29) is 108 Å². The van der Waals surface area contributed by atoms with Crippen LogP contribution in [0, 0.1) is 0 Å². The molecule has 0 radical (unpaired) electrons. The van der Waals surface area contributed by atoms with E-state index in [9.17, 15) is 63.0 Å². The Morgan fingerprint density at radius 2 is 0.952 bits per heavy atom. The van der Waals surface area contributed by atoms with Crippen molar-refractivity contribution in [1.29, 1.82) is 0 Å². The van der Waals surface area contributed by atoms with Crippen LogP contribution in [-0.4, -0.2) is 186 Å². The summed E-state index contributed by atoms with van der Waals surface area (Å²) in [6.45, 7) is -1.66. The molecule has 0 bridgehead atoms. The number of hydrogen-bond donors (Lipinski definition) is 21. The number of aliphatic imine (C=N–C) groups is 3. The monoisotopic (exact) mass is 1190 g/mol. The summed E-state index contributed by atoms with van der Waals surface area (Å²) in [6, 6.07) is -5.04. The van der Waals surface area contributed by atoms with Gasteiger partial charge in [0.05, 0.1) is 25.6 Å². The molecular formula is C49H82N22O13. The molecule has 0 saturated carbocycles. The molecule has 1 aromatic carbocycles. The molecule has 0 aliphatic carbocycles. The standard InChI is InChI=1S/C49H82N22O13/c50-16-4-3-10-30(67-44(81)32(14-15-36(52)73)66-39(76)27(51)21-37(53)74)43(80)70-34(20-25-22-63-28-9-2-1-8-26(25)28)45(82)71-35(24-72)40(77)64-23-38(75)65-29(11-5-17-60-47(54)55)41(78)68-31(12-6-18-61-48(56)57)42(79)69-33(46(83)84)13-7-19-62-49(58)59/h1-2,8-9,22,27,29-35,63,72H,3-7,10-21,23-24,50-51H2,(H2,52,73)(H2,53,74)(H,64,77)(H,65,75)(H,66,76)(H,67,81)(H,68,78)(H,69,79)(H,70,80)(H,71,82)(H,83,84)(H4,54,55,60)(H4,56,57,61)(H4,58,59,62)/t27-,29-,30-,31-,32-,33-,34-,35-/m0/s1. The van der Waals surface area contributed by atoms with Gasteiger partial charge in [0.15, 0.2) is 17.9 Å². The zero-order valence-corrected chi connectivity index (χ0v) is 46.4. The summed E-state index contributed by atoms with van der Waals surface area (Å²) in [4.78, 5) is 160. The second kappa shape index (κ2) is 37.6. The average Bonchev–Trinajstić information content (AvgIpc) is 3.34. The Kier molecular flexibility index (Phi) is 31.7. The molecule has 0 unspecified atom stereocenters. The number of nitrogens with one attached hydrogen (secondary N) is 9. The number of nitrogens with zero attached hydrogens (tertiary/aromatic N) is 3. The Morgan fingerprint density at radius 3 is 1.44 bits per heavy atom. The first kappa shape index (κ1) is 70.7. The predicted molar refractivity (Wildman–Crippen MR) is 306 cm³/mol. The molecule has 35 nitrogen and oxygen atoms in total. The Hall–Kier alpha value is -9.38. The number of aliphatic carboxylic acids is 1. The smallest absolute Gasteiger partial charge is 0.326 e. The maximum absolute atomic E-state index is 14.3. The van der Waals surface area contributed by atoms with Gasteiger partial charge in [-0.1, -0.05) is 18.2 Å². The summed E-state index contributed by atoms with van der Waals surface area (Å²) in [5.41, 5.74) is 55.6. The molecular weight excluding hydrogens is 1100 g/mol. The number of carboxylic acids is 1. The number of unbranched alkanes of at least 4 members (excludes halogenated alkanes) is 1. The lowest BCUT2D eigenvalue weighted by atomic mass is 10.0. The molecule has 0 aliphatic rings. The number of guanidine groups is 3. The molecule has 1 aromatic heterocycles. The number of H-pyrrole nitrogens is 1. The van der Waals surface area contributed by atoms with E-state index in [2.05, 4.69) is 62.5 Å². The third-order valence-corrected chi connectivity index (χ3v) is 12.4. The summed E-state index contributed by atoms with van der Waals surface area (Å²) in [5, 5.41) is 40.4. The first-order valence-electron chi connectivity index (χ1n) is 26.7. The van der Waals surface area contributed by atoms with E-state index < -0.39 is 139 Å². The maximum Gasteiger partial charge on any atom is 0.326 e. The summed E-state index contributed by atoms with van der Waals surface area (Å²) in [7, 11) is 0. The fourth-order valence-corrected chi connectivity index (χ4v) is 8.03. The highest BCUT2D eigenvalue weighted by molar-refractivity contribution is 5.98. The van der Waals surface area contributed by atoms with Gasteiger partial charge in [-0.3, -0.25) is 62.9 Å². The highest BCUT2D eigenvalue weighted by Crippen LogP contribution is 2.20. The van der Waals surface area contributed by atoms with Crippen LogP contribution in [0.25, 0.3) is 10.9 Å². The quantitative estimate of drug-likeness (QED) is 0.0167. The maximum atomic E-state index is 14.3. The molecule has 0 saturated heterocycles. The van der Waals surface area contributed by atoms with Crippen molar-refractivity contribution in [1.82, 2.24) is 47.5 Å². The minimum Gasteiger partial charge on any atom is -0.480 e. The number of amides is 10. The molecule has 35 heteroatoms. The van der Waals surface area contributed by atoms with Crippen LogP contribution in [-0.2, 0) is 59.2 Å². The molecule has 2 aromatic rings. The van der Waals surface area contributed by atoms with Gasteiger partial charge < -0.3 is 115 Å². The molecule has 10 amide bonds. The number of carbonyl (C=O) groups is 11. The number of aliphatic hydroxyl groups excluding tert-OH is 1. The number of aromatic amines is 1. The number of carboxylic acid groups (broad SMARTS) is 1. The van der Waals surface area contributed by atoms with Crippen LogP contribution in [0.4, 0.5) is 0 Å². The molecule has 0 aliphatic heterocycles. The molecule has 0 spiro atoms. The van der Waals surface area contributed by atoms with Crippen LogP contribution in [0.5, 0.6) is 0 Å². The van der Waals surface area contributed by atoms with E-state index in [4.69, 9.17) is 57.3 Å². The summed E-state index contributed by atoms with van der Waals surface area (Å²) < 4.78 is 0. The molecule has 0 fully saturated rings. The van der Waals surface area contributed by atoms with Crippen molar-refractivity contribution in [3.63, 3.8) is 0 Å². The van der Waals surface area contributed by atoms with Crippen LogP contribution in [0.15, 0.2) is 45.4 Å². The first-order valence-corrected chi connectivity index (χ1v) is 26.7. The van der Waals surface area contributed by atoms with E-state index in [1.165, 1.54) is 0 Å². The summed E-state index contributed by atoms with van der Waals surface area (Å²) in [5.74, 6) is -11.7. The van der Waals surface area contributed by atoms with Crippen molar-refractivity contribution in [3.05, 3.63) is 36.0 Å². The minimum atomic E-state index is -1.78. The van der Waals surface area contributed by atoms with Gasteiger partial charge in [-0.25, -0.2) is 4.79 Å². The van der Waals surface area contributed by atoms with Crippen LogP contribution in [0.2, 0.25) is 0 Å². The van der Waals surface area contributed by atoms with Crippen molar-refractivity contribution in [3.8, 4) is 0 Å².